The quantitative estimate of drug-likeness (QED) is 0.141. The monoisotopic (exact) mass is 811 g/mol. The first kappa shape index (κ1) is 36.4. The lowest BCUT2D eigenvalue weighted by Crippen LogP contribution is -2.28. The Labute approximate surface area is 373 Å². The molecule has 1 aliphatic rings. The summed E-state index contributed by atoms with van der Waals surface area (Å²) in [6.45, 7) is 0. The minimum atomic E-state index is -0.579. The van der Waals surface area contributed by atoms with E-state index in [0.717, 1.165) is 0 Å². The third kappa shape index (κ3) is 5.51. The van der Waals surface area contributed by atoms with Crippen LogP contribution in [-0.2, 0) is 5.41 Å². The van der Waals surface area contributed by atoms with Crippen LogP contribution in [-0.4, -0.2) is 4.57 Å². The maximum absolute atomic E-state index is 2.50. The number of rotatable bonds is 7. The summed E-state index contributed by atoms with van der Waals surface area (Å²) in [5, 5.41) is 5.16. The van der Waals surface area contributed by atoms with Gasteiger partial charge in [-0.3, -0.25) is 0 Å². The highest BCUT2D eigenvalue weighted by Crippen LogP contribution is 2.58. The summed E-state index contributed by atoms with van der Waals surface area (Å²) >= 11 is 0. The normalized spacial score (nSPS) is 12.8. The van der Waals surface area contributed by atoms with E-state index in [-0.39, 0.29) is 0 Å². The predicted octanol–water partition coefficient (Wildman–Crippen LogP) is 16.4. The number of nitrogens with zero attached hydrogens (tertiary/aromatic N) is 1. The van der Waals surface area contributed by atoms with Crippen molar-refractivity contribution in [1.29, 1.82) is 0 Å². The van der Waals surface area contributed by atoms with E-state index in [2.05, 4.69) is 253 Å². The zero-order valence-corrected chi connectivity index (χ0v) is 35.1. The van der Waals surface area contributed by atoms with E-state index in [0.29, 0.717) is 0 Å². The van der Waals surface area contributed by atoms with Crippen molar-refractivity contribution in [3.63, 3.8) is 0 Å². The van der Waals surface area contributed by atoms with Crippen molar-refractivity contribution in [3.8, 4) is 61.3 Å². The molecule has 0 saturated carbocycles. The summed E-state index contributed by atoms with van der Waals surface area (Å²) in [6, 6.07) is 92.3. The predicted molar refractivity (Wildman–Crippen MR) is 269 cm³/mol. The van der Waals surface area contributed by atoms with Crippen LogP contribution in [0.1, 0.15) is 22.3 Å². The zero-order chi connectivity index (χ0) is 42.2. The molecule has 0 spiro atoms. The van der Waals surface area contributed by atoms with Crippen molar-refractivity contribution in [2.75, 3.05) is 0 Å². The number of hydrogen-bond donors (Lipinski definition) is 0. The molecule has 11 aromatic carbocycles. The first-order chi connectivity index (χ1) is 31.7. The van der Waals surface area contributed by atoms with Crippen molar-refractivity contribution in [1.82, 2.24) is 4.57 Å². The average Bonchev–Trinajstić information content (AvgIpc) is 3.87. The van der Waals surface area contributed by atoms with Gasteiger partial charge in [0, 0.05) is 16.5 Å². The van der Waals surface area contributed by atoms with E-state index in [1.54, 1.807) is 0 Å². The molecular formula is C63H41N. The molecule has 0 amide bonds. The maximum Gasteiger partial charge on any atom is 0.0713 e. The van der Waals surface area contributed by atoms with E-state index in [1.165, 1.54) is 116 Å². The molecule has 12 aromatic rings. The van der Waals surface area contributed by atoms with Gasteiger partial charge >= 0.3 is 0 Å². The van der Waals surface area contributed by atoms with Crippen LogP contribution in [0.5, 0.6) is 0 Å². The Morgan fingerprint density at radius 2 is 0.719 bits per heavy atom. The largest absolute Gasteiger partial charge is 0.309 e. The van der Waals surface area contributed by atoms with Crippen LogP contribution in [0.25, 0.3) is 93.9 Å². The Hall–Kier alpha value is -8.26. The number of aromatic nitrogens is 1. The van der Waals surface area contributed by atoms with E-state index < -0.39 is 5.41 Å². The Morgan fingerprint density at radius 3 is 1.27 bits per heavy atom. The Bertz CT molecular complexity index is 3580. The summed E-state index contributed by atoms with van der Waals surface area (Å²) in [5.74, 6) is 0. The number of benzene rings is 11. The fourth-order valence-electron chi connectivity index (χ4n) is 11.0. The van der Waals surface area contributed by atoms with Crippen molar-refractivity contribution < 1.29 is 0 Å². The molecule has 1 aromatic heterocycles. The van der Waals surface area contributed by atoms with Gasteiger partial charge in [-0.2, -0.15) is 0 Å². The smallest absolute Gasteiger partial charge is 0.0713 e. The highest BCUT2D eigenvalue weighted by Gasteiger charge is 2.46. The van der Waals surface area contributed by atoms with Gasteiger partial charge in [-0.15, -0.1) is 0 Å². The first-order valence-corrected chi connectivity index (χ1v) is 22.2. The third-order valence-corrected chi connectivity index (χ3v) is 13.8. The van der Waals surface area contributed by atoms with E-state index in [1.807, 2.05) is 0 Å². The maximum atomic E-state index is 2.50. The molecular weight excluding hydrogens is 771 g/mol. The number of hydrogen-bond acceptors (Lipinski definition) is 0. The van der Waals surface area contributed by atoms with Crippen LogP contribution in [0.4, 0.5) is 0 Å². The minimum absolute atomic E-state index is 0.579. The molecule has 1 heterocycles. The lowest BCUT2D eigenvalue weighted by molar-refractivity contribution is 0.769. The molecule has 0 N–H and O–H groups in total. The van der Waals surface area contributed by atoms with Crippen molar-refractivity contribution >= 4 is 32.6 Å². The van der Waals surface area contributed by atoms with Crippen molar-refractivity contribution in [2.24, 2.45) is 0 Å². The number of para-hydroxylation sites is 1. The fraction of sp³-hybridized carbons (Fsp3) is 0.0159. The van der Waals surface area contributed by atoms with Crippen LogP contribution < -0.4 is 0 Å². The highest BCUT2D eigenvalue weighted by atomic mass is 15.0. The summed E-state index contributed by atoms with van der Waals surface area (Å²) in [5.41, 5.74) is 20.3. The lowest BCUT2D eigenvalue weighted by atomic mass is 9.67. The van der Waals surface area contributed by atoms with Gasteiger partial charge in [0.05, 0.1) is 16.4 Å². The minimum Gasteiger partial charge on any atom is -0.309 e. The topological polar surface area (TPSA) is 4.93 Å². The van der Waals surface area contributed by atoms with E-state index >= 15 is 0 Å². The molecule has 298 valence electrons. The Kier molecular flexibility index (Phi) is 8.20. The van der Waals surface area contributed by atoms with Gasteiger partial charge in [0.25, 0.3) is 0 Å². The van der Waals surface area contributed by atoms with Gasteiger partial charge in [-0.05, 0) is 149 Å². The second-order valence-electron chi connectivity index (χ2n) is 17.2. The van der Waals surface area contributed by atoms with Gasteiger partial charge in [-0.25, -0.2) is 0 Å². The van der Waals surface area contributed by atoms with Crippen LogP contribution in [0.3, 0.4) is 0 Å². The van der Waals surface area contributed by atoms with Crippen LogP contribution in [0.15, 0.2) is 249 Å². The van der Waals surface area contributed by atoms with Gasteiger partial charge in [0.2, 0.25) is 0 Å². The summed E-state index contributed by atoms with van der Waals surface area (Å²) in [7, 11) is 0. The molecule has 1 nitrogen and oxygen atoms in total. The highest BCUT2D eigenvalue weighted by molar-refractivity contribution is 6.25. The summed E-state index contributed by atoms with van der Waals surface area (Å²) in [4.78, 5) is 0. The Balaban J connectivity index is 1.05. The second kappa shape index (κ2) is 14.4. The lowest BCUT2D eigenvalue weighted by Gasteiger charge is -2.34. The molecule has 0 atom stereocenters. The summed E-state index contributed by atoms with van der Waals surface area (Å²) < 4.78 is 2.45. The van der Waals surface area contributed by atoms with Gasteiger partial charge < -0.3 is 4.57 Å². The number of fused-ring (bicyclic) bond motifs is 3. The molecule has 0 saturated heterocycles. The molecule has 0 fully saturated rings. The molecule has 0 bridgehead atoms. The molecule has 0 aliphatic heterocycles. The van der Waals surface area contributed by atoms with Crippen molar-refractivity contribution in [2.45, 2.75) is 5.41 Å². The summed E-state index contributed by atoms with van der Waals surface area (Å²) in [6.07, 6.45) is 0. The third-order valence-electron chi connectivity index (χ3n) is 13.8. The molecule has 1 heteroatoms. The average molecular weight is 812 g/mol. The molecule has 13 rings (SSSR count). The van der Waals surface area contributed by atoms with E-state index in [4.69, 9.17) is 0 Å². The molecule has 1 aliphatic carbocycles. The van der Waals surface area contributed by atoms with Crippen LogP contribution in [0.2, 0.25) is 0 Å². The molecule has 0 radical (unpaired) electrons. The van der Waals surface area contributed by atoms with Crippen LogP contribution >= 0.6 is 0 Å². The SMILES string of the molecule is c1ccc(-c2cc(-c3ccccc3)cc(-c3ccc4c(c3)C(c3ccccc3)(c3ccccc3)c3cc(-c5cc6ccc7cccc8c7c6c(c5)n8-c5ccccc5)ccc3-4)c2)cc1. The van der Waals surface area contributed by atoms with E-state index in [9.17, 15) is 0 Å². The van der Waals surface area contributed by atoms with Crippen molar-refractivity contribution in [3.05, 3.63) is 271 Å². The van der Waals surface area contributed by atoms with Crippen LogP contribution in [0, 0.1) is 0 Å². The molecule has 0 unspecified atom stereocenters. The standard InChI is InChI=1S/C63H41N/c1-6-17-42(18-7-1)48-36-49(43-19-8-2-9-20-43)38-50(37-48)45-31-33-55-56-34-32-46(40-58(56)63(57(55)39-45,52-22-10-3-11-23-52)53-24-12-4-13-25-53)51-35-47-30-29-44-21-16-28-59-61(44)62(47)60(41-51)64(59)54-26-14-5-15-27-54/h1-41H. The van der Waals surface area contributed by atoms with Gasteiger partial charge in [0.1, 0.15) is 0 Å². The second-order valence-corrected chi connectivity index (χ2v) is 17.2. The van der Waals surface area contributed by atoms with Gasteiger partial charge in [0.15, 0.2) is 0 Å². The zero-order valence-electron chi connectivity index (χ0n) is 35.1. The molecule has 64 heavy (non-hydrogen) atoms. The first-order valence-electron chi connectivity index (χ1n) is 22.2. The fourth-order valence-corrected chi connectivity index (χ4v) is 11.0. The van der Waals surface area contributed by atoms with Gasteiger partial charge in [-0.1, -0.05) is 188 Å². The Morgan fingerprint density at radius 1 is 0.266 bits per heavy atom.